The quantitative estimate of drug-likeness (QED) is 0.458. The molecule has 0 heterocycles. The second-order valence-corrected chi connectivity index (χ2v) is 6.89. The second kappa shape index (κ2) is 11.4. The number of halogens is 2. The molecule has 3 heteroatoms. The van der Waals surface area contributed by atoms with Gasteiger partial charge in [-0.1, -0.05) is 56.0 Å². The lowest BCUT2D eigenvalue weighted by atomic mass is 10.0. The summed E-state index contributed by atoms with van der Waals surface area (Å²) in [6, 6.07) is 10.8. The molecule has 0 saturated carbocycles. The van der Waals surface area contributed by atoms with Gasteiger partial charge in [0.1, 0.15) is 0 Å². The lowest BCUT2D eigenvalue weighted by Crippen LogP contribution is -3.00. The molecule has 0 unspecified atom stereocenters. The van der Waals surface area contributed by atoms with Crippen molar-refractivity contribution in [2.45, 2.75) is 51.4 Å². The van der Waals surface area contributed by atoms with Crippen molar-refractivity contribution < 1.29 is 16.4 Å². The van der Waals surface area contributed by atoms with Gasteiger partial charge in [-0.25, -0.2) is 4.00 Å². The molecule has 0 fully saturated rings. The van der Waals surface area contributed by atoms with Gasteiger partial charge in [0.15, 0.2) is 11.8 Å². The molecule has 0 aliphatic heterocycles. The van der Waals surface area contributed by atoms with Gasteiger partial charge in [0.05, 0.1) is 20.6 Å². The molecular formula is C17H29Cl2N. The molecule has 1 aromatic carbocycles. The largest absolute Gasteiger partial charge is 1.00 e. The van der Waals surface area contributed by atoms with Crippen molar-refractivity contribution in [3.8, 4) is 0 Å². The first-order chi connectivity index (χ1) is 9.08. The van der Waals surface area contributed by atoms with Gasteiger partial charge in [0.2, 0.25) is 0 Å². The average Bonchev–Trinajstić information content (AvgIpc) is 2.37. The van der Waals surface area contributed by atoms with Crippen molar-refractivity contribution in [1.29, 1.82) is 0 Å². The van der Waals surface area contributed by atoms with Gasteiger partial charge in [-0.15, -0.1) is 0 Å². The SMILES string of the molecule is C[N+](C)(Cl)CCCCCCCCCc1ccccc1.[Cl-]. The van der Waals surface area contributed by atoms with E-state index in [0.29, 0.717) is 4.00 Å². The second-order valence-electron chi connectivity index (χ2n) is 5.97. The molecular weight excluding hydrogens is 289 g/mol. The third-order valence-corrected chi connectivity index (χ3v) is 3.67. The third kappa shape index (κ3) is 11.6. The first-order valence-corrected chi connectivity index (χ1v) is 7.98. The minimum absolute atomic E-state index is 0. The molecule has 0 amide bonds. The van der Waals surface area contributed by atoms with Crippen LogP contribution >= 0.6 is 11.8 Å². The molecule has 0 aliphatic carbocycles. The lowest BCUT2D eigenvalue weighted by Gasteiger charge is -2.17. The van der Waals surface area contributed by atoms with E-state index in [9.17, 15) is 0 Å². The number of nitrogens with zero attached hydrogens (tertiary/aromatic N) is 1. The summed E-state index contributed by atoms with van der Waals surface area (Å²) >= 11 is 6.11. The Morgan fingerprint density at radius 3 is 1.85 bits per heavy atom. The maximum absolute atomic E-state index is 6.11. The molecule has 1 nitrogen and oxygen atoms in total. The minimum atomic E-state index is 0. The van der Waals surface area contributed by atoms with Gasteiger partial charge in [-0.05, 0) is 31.2 Å². The van der Waals surface area contributed by atoms with Crippen molar-refractivity contribution in [3.05, 3.63) is 35.9 Å². The summed E-state index contributed by atoms with van der Waals surface area (Å²) in [5.41, 5.74) is 1.48. The monoisotopic (exact) mass is 317 g/mol. The van der Waals surface area contributed by atoms with E-state index >= 15 is 0 Å². The predicted molar refractivity (Wildman–Crippen MR) is 85.3 cm³/mol. The Hall–Kier alpha value is -0.240. The van der Waals surface area contributed by atoms with Crippen LogP contribution in [-0.4, -0.2) is 24.6 Å². The first kappa shape index (κ1) is 19.8. The zero-order valence-electron chi connectivity index (χ0n) is 13.0. The van der Waals surface area contributed by atoms with Crippen molar-refractivity contribution in [1.82, 2.24) is 0 Å². The highest BCUT2D eigenvalue weighted by molar-refractivity contribution is 6.06. The Balaban J connectivity index is 0.00000361. The Morgan fingerprint density at radius 2 is 1.30 bits per heavy atom. The molecule has 0 saturated heterocycles. The summed E-state index contributed by atoms with van der Waals surface area (Å²) in [7, 11) is 4.09. The minimum Gasteiger partial charge on any atom is -1.00 e. The molecule has 1 rings (SSSR count). The standard InChI is InChI=1S/C17H29ClN.ClH/c1-19(2,18)16-12-7-5-3-4-6-9-13-17-14-10-8-11-15-17;/h8,10-11,14-15H,3-7,9,12-13,16H2,1-2H3;1H/q+1;/p-1. The highest BCUT2D eigenvalue weighted by Crippen LogP contribution is 2.12. The van der Waals surface area contributed by atoms with Gasteiger partial charge >= 0.3 is 0 Å². The fraction of sp³-hybridized carbons (Fsp3) is 0.647. The van der Waals surface area contributed by atoms with Gasteiger partial charge in [0, 0.05) is 0 Å². The fourth-order valence-corrected chi connectivity index (χ4v) is 2.47. The Labute approximate surface area is 136 Å². The van der Waals surface area contributed by atoms with E-state index in [1.807, 2.05) is 14.1 Å². The number of aryl methyl sites for hydroxylation is 1. The Bertz CT molecular complexity index is 320. The van der Waals surface area contributed by atoms with Crippen LogP contribution in [0.1, 0.15) is 50.5 Å². The van der Waals surface area contributed by atoms with E-state index in [-0.39, 0.29) is 12.4 Å². The lowest BCUT2D eigenvalue weighted by molar-refractivity contribution is -0.771. The van der Waals surface area contributed by atoms with Crippen LogP contribution in [0.5, 0.6) is 0 Å². The molecule has 20 heavy (non-hydrogen) atoms. The number of quaternary nitrogens is 1. The van der Waals surface area contributed by atoms with Gasteiger partial charge < -0.3 is 12.4 Å². The number of rotatable bonds is 10. The molecule has 0 aliphatic rings. The Kier molecular flexibility index (Phi) is 11.3. The van der Waals surface area contributed by atoms with Crippen molar-refractivity contribution in [3.63, 3.8) is 0 Å². The highest BCUT2D eigenvalue weighted by Gasteiger charge is 2.09. The van der Waals surface area contributed by atoms with Gasteiger partial charge in [0.25, 0.3) is 0 Å². The van der Waals surface area contributed by atoms with Crippen LogP contribution in [0.3, 0.4) is 0 Å². The number of hydrogen-bond donors (Lipinski definition) is 0. The van der Waals surface area contributed by atoms with E-state index in [1.165, 1.54) is 56.9 Å². The zero-order chi connectivity index (χ0) is 14.0. The molecule has 116 valence electrons. The van der Waals surface area contributed by atoms with E-state index in [2.05, 4.69) is 30.3 Å². The van der Waals surface area contributed by atoms with Crippen LogP contribution < -0.4 is 12.4 Å². The van der Waals surface area contributed by atoms with Crippen LogP contribution in [0.4, 0.5) is 0 Å². The summed E-state index contributed by atoms with van der Waals surface area (Å²) < 4.78 is 0.580. The van der Waals surface area contributed by atoms with Gasteiger partial charge in [-0.2, -0.15) is 0 Å². The molecule has 0 spiro atoms. The number of benzene rings is 1. The van der Waals surface area contributed by atoms with E-state index < -0.39 is 0 Å². The molecule has 0 aromatic heterocycles. The zero-order valence-corrected chi connectivity index (χ0v) is 14.5. The Morgan fingerprint density at radius 1 is 0.800 bits per heavy atom. The topological polar surface area (TPSA) is 0 Å². The molecule has 0 N–H and O–H groups in total. The average molecular weight is 318 g/mol. The van der Waals surface area contributed by atoms with Crippen LogP contribution in [0.25, 0.3) is 0 Å². The van der Waals surface area contributed by atoms with Crippen molar-refractivity contribution in [2.75, 3.05) is 20.6 Å². The summed E-state index contributed by atoms with van der Waals surface area (Å²) in [5.74, 6) is 0. The van der Waals surface area contributed by atoms with Gasteiger partial charge in [-0.3, -0.25) is 0 Å². The number of hydrogen-bond acceptors (Lipinski definition) is 0. The van der Waals surface area contributed by atoms with E-state index in [1.54, 1.807) is 0 Å². The molecule has 1 aromatic rings. The van der Waals surface area contributed by atoms with Crippen LogP contribution in [-0.2, 0) is 6.42 Å². The normalized spacial score (nSPS) is 11.2. The van der Waals surface area contributed by atoms with Crippen molar-refractivity contribution in [2.24, 2.45) is 0 Å². The van der Waals surface area contributed by atoms with E-state index in [4.69, 9.17) is 11.8 Å². The first-order valence-electron chi connectivity index (χ1n) is 7.64. The van der Waals surface area contributed by atoms with Crippen molar-refractivity contribution >= 4 is 11.8 Å². The highest BCUT2D eigenvalue weighted by atomic mass is 35.5. The molecule has 0 radical (unpaired) electrons. The summed E-state index contributed by atoms with van der Waals surface area (Å²) in [6.45, 7) is 1.08. The summed E-state index contributed by atoms with van der Waals surface area (Å²) in [6.07, 6.45) is 10.6. The fourth-order valence-electron chi connectivity index (χ4n) is 2.35. The predicted octanol–water partition coefficient (Wildman–Crippen LogP) is 2.19. The molecule has 0 bridgehead atoms. The van der Waals surface area contributed by atoms with Crippen LogP contribution in [0, 0.1) is 0 Å². The van der Waals surface area contributed by atoms with Crippen LogP contribution in [0.2, 0.25) is 0 Å². The summed E-state index contributed by atoms with van der Waals surface area (Å²) in [4.78, 5) is 0. The molecule has 0 atom stereocenters. The van der Waals surface area contributed by atoms with E-state index in [0.717, 1.165) is 6.54 Å². The van der Waals surface area contributed by atoms with Crippen LogP contribution in [0.15, 0.2) is 30.3 Å². The third-order valence-electron chi connectivity index (χ3n) is 3.50. The summed E-state index contributed by atoms with van der Waals surface area (Å²) in [5, 5.41) is 0. The smallest absolute Gasteiger partial charge is 0.164 e. The number of unbranched alkanes of at least 4 members (excludes halogenated alkanes) is 6. The maximum Gasteiger partial charge on any atom is 0.164 e. The maximum atomic E-state index is 6.11.